The molecule has 1 fully saturated rings. The van der Waals surface area contributed by atoms with Gasteiger partial charge < -0.3 is 5.32 Å². The molecule has 20 heavy (non-hydrogen) atoms. The van der Waals surface area contributed by atoms with Crippen LogP contribution in [0.4, 0.5) is 0 Å². The summed E-state index contributed by atoms with van der Waals surface area (Å²) in [7, 11) is 2.07. The molecule has 0 aliphatic heterocycles. The van der Waals surface area contributed by atoms with Gasteiger partial charge in [0, 0.05) is 13.0 Å². The van der Waals surface area contributed by atoms with Gasteiger partial charge in [-0.05, 0) is 44.2 Å². The highest BCUT2D eigenvalue weighted by molar-refractivity contribution is 4.90. The molecular weight excluding hydrogens is 248 g/mol. The van der Waals surface area contributed by atoms with Crippen LogP contribution in [0.25, 0.3) is 0 Å². The van der Waals surface area contributed by atoms with Crippen molar-refractivity contribution in [3.63, 3.8) is 0 Å². The van der Waals surface area contributed by atoms with Crippen molar-refractivity contribution in [2.24, 2.45) is 17.8 Å². The highest BCUT2D eigenvalue weighted by atomic mass is 15.3. The summed E-state index contributed by atoms with van der Waals surface area (Å²) < 4.78 is 2.12. The highest BCUT2D eigenvalue weighted by Crippen LogP contribution is 2.30. The molecule has 1 saturated carbocycles. The summed E-state index contributed by atoms with van der Waals surface area (Å²) in [5.41, 5.74) is 0. The molecule has 0 bridgehead atoms. The average molecular weight is 278 g/mol. The molecule has 1 aliphatic rings. The molecule has 2 rings (SSSR count). The van der Waals surface area contributed by atoms with E-state index in [1.165, 1.54) is 37.9 Å². The quantitative estimate of drug-likeness (QED) is 0.814. The average Bonchev–Trinajstić information content (AvgIpc) is 2.69. The third-order valence-corrected chi connectivity index (χ3v) is 4.46. The monoisotopic (exact) mass is 278 g/mol. The van der Waals surface area contributed by atoms with E-state index in [-0.39, 0.29) is 0 Å². The number of nitrogens with one attached hydrogen (secondary N) is 1. The number of hydrogen-bond acceptors (Lipinski definition) is 3. The van der Waals surface area contributed by atoms with E-state index in [1.807, 2.05) is 0 Å². The first-order chi connectivity index (χ1) is 9.70. The molecule has 0 spiro atoms. The molecule has 0 aromatic carbocycles. The lowest BCUT2D eigenvalue weighted by atomic mass is 9.85. The van der Waals surface area contributed by atoms with Gasteiger partial charge >= 0.3 is 0 Å². The van der Waals surface area contributed by atoms with Crippen molar-refractivity contribution in [2.45, 2.75) is 58.9 Å². The van der Waals surface area contributed by atoms with Crippen molar-refractivity contribution in [3.05, 3.63) is 12.2 Å². The second kappa shape index (κ2) is 7.77. The molecule has 114 valence electrons. The maximum atomic E-state index is 4.52. The summed E-state index contributed by atoms with van der Waals surface area (Å²) in [6.45, 7) is 6.60. The van der Waals surface area contributed by atoms with E-state index in [0.29, 0.717) is 5.92 Å². The number of rotatable bonds is 6. The molecule has 1 aliphatic carbocycles. The van der Waals surface area contributed by atoms with E-state index < -0.39 is 0 Å². The fourth-order valence-electron chi connectivity index (χ4n) is 3.44. The predicted octanol–water partition coefficient (Wildman–Crippen LogP) is 2.89. The van der Waals surface area contributed by atoms with Crippen LogP contribution >= 0.6 is 0 Å². The smallest absolute Gasteiger partial charge is 0.138 e. The first-order valence-electron chi connectivity index (χ1n) is 8.22. The van der Waals surface area contributed by atoms with Gasteiger partial charge in [-0.25, -0.2) is 9.67 Å². The topological polar surface area (TPSA) is 42.7 Å². The zero-order valence-corrected chi connectivity index (χ0v) is 13.3. The van der Waals surface area contributed by atoms with Crippen LogP contribution in [0.3, 0.4) is 0 Å². The predicted molar refractivity (Wildman–Crippen MR) is 82.6 cm³/mol. The van der Waals surface area contributed by atoms with Crippen LogP contribution in [0.1, 0.15) is 51.8 Å². The van der Waals surface area contributed by atoms with E-state index in [0.717, 1.165) is 31.3 Å². The fourth-order valence-corrected chi connectivity index (χ4v) is 3.44. The second-order valence-electron chi connectivity index (χ2n) is 6.67. The van der Waals surface area contributed by atoms with E-state index >= 15 is 0 Å². The third-order valence-electron chi connectivity index (χ3n) is 4.46. The van der Waals surface area contributed by atoms with Gasteiger partial charge in [-0.15, -0.1) is 0 Å². The minimum atomic E-state index is 0.623. The molecular formula is C16H30N4. The van der Waals surface area contributed by atoms with Crippen molar-refractivity contribution < 1.29 is 0 Å². The number of hydrogen-bond donors (Lipinski definition) is 1. The van der Waals surface area contributed by atoms with Gasteiger partial charge in [0.25, 0.3) is 0 Å². The van der Waals surface area contributed by atoms with Gasteiger partial charge in [0.2, 0.25) is 0 Å². The zero-order valence-electron chi connectivity index (χ0n) is 13.3. The van der Waals surface area contributed by atoms with Gasteiger partial charge in [-0.1, -0.05) is 33.1 Å². The third kappa shape index (κ3) is 4.30. The van der Waals surface area contributed by atoms with Crippen LogP contribution in [0.15, 0.2) is 6.33 Å². The van der Waals surface area contributed by atoms with Crippen LogP contribution in [-0.2, 0) is 13.0 Å². The van der Waals surface area contributed by atoms with Crippen molar-refractivity contribution in [3.8, 4) is 0 Å². The van der Waals surface area contributed by atoms with Gasteiger partial charge in [-0.2, -0.15) is 5.10 Å². The molecule has 1 N–H and O–H groups in total. The molecule has 2 unspecified atom stereocenters. The molecule has 1 heterocycles. The molecule has 0 saturated heterocycles. The van der Waals surface area contributed by atoms with Crippen molar-refractivity contribution >= 4 is 0 Å². The summed E-state index contributed by atoms with van der Waals surface area (Å²) in [5, 5.41) is 7.79. The summed E-state index contributed by atoms with van der Waals surface area (Å²) in [6.07, 6.45) is 9.70. The Morgan fingerprint density at radius 3 is 2.70 bits per heavy atom. The Kier molecular flexibility index (Phi) is 6.02. The molecule has 2 atom stereocenters. The van der Waals surface area contributed by atoms with Crippen LogP contribution in [-0.4, -0.2) is 28.4 Å². The Morgan fingerprint density at radius 1 is 1.25 bits per heavy atom. The molecule has 4 heteroatoms. The lowest BCUT2D eigenvalue weighted by molar-refractivity contribution is 0.293. The first kappa shape index (κ1) is 15.5. The van der Waals surface area contributed by atoms with Crippen molar-refractivity contribution in [2.75, 3.05) is 13.6 Å². The van der Waals surface area contributed by atoms with Crippen LogP contribution in [0, 0.1) is 17.8 Å². The number of aromatic nitrogens is 3. The zero-order chi connectivity index (χ0) is 14.4. The minimum absolute atomic E-state index is 0.623. The summed E-state index contributed by atoms with van der Waals surface area (Å²) in [6, 6.07) is 0. The van der Waals surface area contributed by atoms with Crippen molar-refractivity contribution in [1.82, 2.24) is 20.1 Å². The summed E-state index contributed by atoms with van der Waals surface area (Å²) >= 11 is 0. The molecule has 1 aromatic heterocycles. The maximum Gasteiger partial charge on any atom is 0.138 e. The minimum Gasteiger partial charge on any atom is -0.319 e. The van der Waals surface area contributed by atoms with Gasteiger partial charge in [0.15, 0.2) is 0 Å². The summed E-state index contributed by atoms with van der Waals surface area (Å²) in [5.74, 6) is 3.37. The van der Waals surface area contributed by atoms with E-state index in [9.17, 15) is 0 Å². The Balaban J connectivity index is 2.03. The van der Waals surface area contributed by atoms with Gasteiger partial charge in [0.05, 0.1) is 0 Å². The normalized spacial score (nSPS) is 24.0. The van der Waals surface area contributed by atoms with Crippen LogP contribution in [0.2, 0.25) is 0 Å². The van der Waals surface area contributed by atoms with E-state index in [2.05, 4.69) is 41.0 Å². The summed E-state index contributed by atoms with van der Waals surface area (Å²) in [4.78, 5) is 4.52. The van der Waals surface area contributed by atoms with Gasteiger partial charge in [0.1, 0.15) is 12.2 Å². The largest absolute Gasteiger partial charge is 0.319 e. The van der Waals surface area contributed by atoms with E-state index in [4.69, 9.17) is 0 Å². The highest BCUT2D eigenvalue weighted by Gasteiger charge is 2.25. The molecule has 0 amide bonds. The van der Waals surface area contributed by atoms with Crippen LogP contribution in [0.5, 0.6) is 0 Å². The van der Waals surface area contributed by atoms with Gasteiger partial charge in [-0.3, -0.25) is 0 Å². The SMILES string of the molecule is CNCC1CCCCCC1Cc1ncnn1CC(C)C. The Morgan fingerprint density at radius 2 is 2.00 bits per heavy atom. The van der Waals surface area contributed by atoms with Crippen molar-refractivity contribution in [1.29, 1.82) is 0 Å². The fraction of sp³-hybridized carbons (Fsp3) is 0.875. The second-order valence-corrected chi connectivity index (χ2v) is 6.67. The Labute approximate surface area is 123 Å². The molecule has 1 aromatic rings. The first-order valence-corrected chi connectivity index (χ1v) is 8.22. The van der Waals surface area contributed by atoms with E-state index in [1.54, 1.807) is 6.33 Å². The van der Waals surface area contributed by atoms with Crippen LogP contribution < -0.4 is 5.32 Å². The lowest BCUT2D eigenvalue weighted by Crippen LogP contribution is -2.27. The number of nitrogens with zero attached hydrogens (tertiary/aromatic N) is 3. The molecule has 0 radical (unpaired) electrons. The maximum absolute atomic E-state index is 4.52. The Hall–Kier alpha value is -0.900. The Bertz CT molecular complexity index is 386. The lowest BCUT2D eigenvalue weighted by Gasteiger charge is -2.25. The molecule has 4 nitrogen and oxygen atoms in total. The standard InChI is InChI=1S/C16H30N4/c1-13(2)11-20-16(18-12-19-20)9-14-7-5-4-6-8-15(14)10-17-3/h12-15,17H,4-11H2,1-3H3.